The number of phosphoric ester groups is 1. The second kappa shape index (κ2) is 10.1. The van der Waals surface area contributed by atoms with E-state index < -0.39 is 42.4 Å². The fourth-order valence-electron chi connectivity index (χ4n) is 2.62. The zero-order valence-electron chi connectivity index (χ0n) is 15.6. The molecule has 0 radical (unpaired) electrons. The Labute approximate surface area is 200 Å². The van der Waals surface area contributed by atoms with Gasteiger partial charge in [-0.2, -0.15) is 18.6 Å². The molecule has 21 heteroatoms. The normalized spacial score (nSPS) is 23.3. The molecule has 2 aromatic rings. The summed E-state index contributed by atoms with van der Waals surface area (Å²) < 4.78 is 52.7. The average Bonchev–Trinajstić information content (AvgIpc) is 3.15. The summed E-state index contributed by atoms with van der Waals surface area (Å²) in [6.07, 6.45) is 0.814. The fraction of sp³-hybridized carbons (Fsp3) is 0.500. The van der Waals surface area contributed by atoms with Crippen LogP contribution in [0.3, 0.4) is 0 Å². The molecule has 0 aliphatic carbocycles. The Hall–Kier alpha value is 0.01000. The molecule has 1 fully saturated rings. The number of imidazole rings is 1. The van der Waals surface area contributed by atoms with E-state index in [-0.39, 0.29) is 40.7 Å². The van der Waals surface area contributed by atoms with Crippen LogP contribution in [0.25, 0.3) is 11.2 Å². The van der Waals surface area contributed by atoms with E-state index in [0.29, 0.717) is 24.0 Å². The summed E-state index contributed by atoms with van der Waals surface area (Å²) in [6.45, 7) is -0.551. The first kappa shape index (κ1) is 27.3. The number of halogens is 1. The van der Waals surface area contributed by atoms with Gasteiger partial charge in [-0.15, -0.1) is 0 Å². The number of phosphoric acid groups is 3. The molecule has 3 rings (SSSR count). The number of nitrogens with two attached hydrogens (primary N) is 1. The van der Waals surface area contributed by atoms with E-state index in [0.717, 1.165) is 0 Å². The number of ether oxygens (including phenoxy) is 1. The molecule has 1 aliphatic rings. The van der Waals surface area contributed by atoms with Gasteiger partial charge in [0.25, 0.3) is 0 Å². The zero-order chi connectivity index (χ0) is 22.3. The van der Waals surface area contributed by atoms with Crippen LogP contribution in [0.2, 0.25) is 5.28 Å². The number of nitrogen functional groups attached to an aromatic ring is 1. The van der Waals surface area contributed by atoms with Gasteiger partial charge in [0.15, 0.2) is 11.5 Å². The van der Waals surface area contributed by atoms with E-state index in [4.69, 9.17) is 36.8 Å². The minimum absolute atomic E-state index is 0. The smallest absolute Gasteiger partial charge is 0.382 e. The predicted molar refractivity (Wildman–Crippen MR) is 97.7 cm³/mol. The zero-order valence-corrected chi connectivity index (χ0v) is 21.0. The first-order valence-electron chi connectivity index (χ1n) is 7.84. The topological polar surface area (TPSA) is 239 Å². The summed E-state index contributed by atoms with van der Waals surface area (Å²) in [6, 6.07) is 0. The van der Waals surface area contributed by atoms with Crippen molar-refractivity contribution in [3.05, 3.63) is 11.6 Å². The average molecular weight is 533 g/mol. The number of fused-ring (bicyclic) bond motifs is 1. The summed E-state index contributed by atoms with van der Waals surface area (Å²) >= 11 is 5.80. The van der Waals surface area contributed by atoms with Gasteiger partial charge >= 0.3 is 53.0 Å². The Morgan fingerprint density at radius 2 is 1.84 bits per heavy atom. The van der Waals surface area contributed by atoms with Gasteiger partial charge in [-0.25, -0.2) is 18.7 Å². The molecule has 168 valence electrons. The van der Waals surface area contributed by atoms with E-state index in [1.807, 2.05) is 0 Å². The minimum atomic E-state index is -5.58. The Morgan fingerprint density at radius 3 is 2.48 bits per heavy atom. The Morgan fingerprint density at radius 1 is 1.16 bits per heavy atom. The van der Waals surface area contributed by atoms with Crippen LogP contribution >= 0.6 is 35.1 Å². The quantitative estimate of drug-likeness (QED) is 0.141. The van der Waals surface area contributed by atoms with Crippen molar-refractivity contribution < 1.29 is 80.7 Å². The number of rotatable bonds is 8. The first-order valence-corrected chi connectivity index (χ1v) is 12.7. The molecule has 0 bridgehead atoms. The van der Waals surface area contributed by atoms with Gasteiger partial charge in [-0.1, -0.05) is 0 Å². The molecular formula is C10H15ClN5NaO11P3+. The van der Waals surface area contributed by atoms with Crippen LogP contribution in [-0.2, 0) is 31.6 Å². The molecule has 4 unspecified atom stereocenters. The predicted octanol–water partition coefficient (Wildman–Crippen LogP) is -1.91. The van der Waals surface area contributed by atoms with E-state index in [2.05, 4.69) is 28.1 Å². The molecule has 0 amide bonds. The van der Waals surface area contributed by atoms with Crippen molar-refractivity contribution in [2.45, 2.75) is 25.2 Å². The molecule has 31 heavy (non-hydrogen) atoms. The van der Waals surface area contributed by atoms with Gasteiger partial charge in [0, 0.05) is 0 Å². The van der Waals surface area contributed by atoms with Gasteiger partial charge in [-0.3, -0.25) is 9.09 Å². The Balaban J connectivity index is 0.00000341. The van der Waals surface area contributed by atoms with Crippen molar-refractivity contribution in [2.24, 2.45) is 0 Å². The summed E-state index contributed by atoms with van der Waals surface area (Å²) in [7, 11) is -16.3. The molecule has 2 aromatic heterocycles. The molecule has 0 saturated carbocycles. The number of nitrogens with zero attached hydrogens (tertiary/aromatic N) is 4. The van der Waals surface area contributed by atoms with Crippen LogP contribution in [0.4, 0.5) is 5.82 Å². The van der Waals surface area contributed by atoms with Crippen molar-refractivity contribution >= 4 is 52.1 Å². The van der Waals surface area contributed by atoms with Gasteiger partial charge in [-0.05, 0) is 24.4 Å². The summed E-state index contributed by atoms with van der Waals surface area (Å²) in [5.41, 5.74) is 6.35. The fourth-order valence-corrected chi connectivity index (χ4v) is 5.84. The van der Waals surface area contributed by atoms with Gasteiger partial charge in [0.2, 0.25) is 5.28 Å². The van der Waals surface area contributed by atoms with Gasteiger partial charge < -0.3 is 30.0 Å². The van der Waals surface area contributed by atoms with Gasteiger partial charge in [0.05, 0.1) is 19.0 Å². The summed E-state index contributed by atoms with van der Waals surface area (Å²) in [5.74, 6) is 0.0750. The summed E-state index contributed by atoms with van der Waals surface area (Å²) in [5, 5.41) is -0.0936. The van der Waals surface area contributed by atoms with Crippen molar-refractivity contribution in [1.82, 2.24) is 19.5 Å². The third kappa shape index (κ3) is 7.51. The molecule has 0 aromatic carbocycles. The maximum atomic E-state index is 11.8. The monoisotopic (exact) mass is 532 g/mol. The van der Waals surface area contributed by atoms with Crippen LogP contribution in [0.15, 0.2) is 6.33 Å². The molecule has 0 spiro atoms. The number of anilines is 1. The van der Waals surface area contributed by atoms with E-state index in [1.54, 1.807) is 0 Å². The number of hydrogen-bond acceptors (Lipinski definition) is 11. The third-order valence-corrected chi connectivity index (χ3v) is 7.63. The minimum Gasteiger partial charge on any atom is -0.382 e. The number of hydrogen-bond donors (Lipinski definition) is 5. The second-order valence-electron chi connectivity index (χ2n) is 5.88. The molecule has 16 nitrogen and oxygen atoms in total. The van der Waals surface area contributed by atoms with E-state index >= 15 is 0 Å². The standard InChI is InChI=1S/C10H15ClN5O11P3.Na/c11-10-14-8(12)7-9(15-10)16(4-13-7)6-2-1-5(25-6)3-24-29(20,21)27-30(22,23)26-28(17,18)19;/h4-6H,1-3H2,(H,20,21)(H,22,23)(H2,12,14,15)(H2,17,18,19);/q;+1. The van der Waals surface area contributed by atoms with Crippen molar-refractivity contribution in [3.63, 3.8) is 0 Å². The van der Waals surface area contributed by atoms with Crippen LogP contribution in [0.1, 0.15) is 19.1 Å². The SMILES string of the molecule is Nc1nc(Cl)nc2c1ncn2C1CCC(COP(=O)(O)OP(=O)(O)OP(=O)(O)O)O1.[Na+]. The van der Waals surface area contributed by atoms with Gasteiger partial charge in [0.1, 0.15) is 11.7 Å². The first-order chi connectivity index (χ1) is 13.7. The van der Waals surface area contributed by atoms with E-state index in [9.17, 15) is 18.6 Å². The van der Waals surface area contributed by atoms with Crippen LogP contribution in [-0.4, -0.2) is 51.8 Å². The van der Waals surface area contributed by atoms with Crippen LogP contribution in [0.5, 0.6) is 0 Å². The number of aromatic nitrogens is 4. The molecule has 3 heterocycles. The molecule has 1 aliphatic heterocycles. The van der Waals surface area contributed by atoms with Crippen LogP contribution < -0.4 is 35.3 Å². The van der Waals surface area contributed by atoms with Crippen molar-refractivity contribution in [3.8, 4) is 0 Å². The van der Waals surface area contributed by atoms with Crippen LogP contribution in [0, 0.1) is 0 Å². The maximum absolute atomic E-state index is 11.8. The molecule has 4 atom stereocenters. The third-order valence-electron chi connectivity index (χ3n) is 3.66. The van der Waals surface area contributed by atoms with Crippen molar-refractivity contribution in [2.75, 3.05) is 12.3 Å². The maximum Gasteiger partial charge on any atom is 1.00 e. The molecule has 1 saturated heterocycles. The molecule has 6 N–H and O–H groups in total. The molecular weight excluding hydrogens is 517 g/mol. The van der Waals surface area contributed by atoms with Crippen molar-refractivity contribution in [1.29, 1.82) is 0 Å². The van der Waals surface area contributed by atoms with E-state index in [1.165, 1.54) is 10.9 Å². The Bertz CT molecular complexity index is 1100. The second-order valence-corrected chi connectivity index (χ2v) is 10.6. The largest absolute Gasteiger partial charge is 1.00 e. The summed E-state index contributed by atoms with van der Waals surface area (Å²) in [4.78, 5) is 47.5. The Kier molecular flexibility index (Phi) is 8.88.